The lowest BCUT2D eigenvalue weighted by Gasteiger charge is -2.30. The Bertz CT molecular complexity index is 260. The molecule has 0 saturated heterocycles. The fraction of sp³-hybridized carbons (Fsp3) is 0.600. The van der Waals surface area contributed by atoms with Crippen LogP contribution in [-0.2, 0) is 0 Å². The predicted molar refractivity (Wildman–Crippen MR) is 57.5 cm³/mol. The lowest BCUT2D eigenvalue weighted by Crippen LogP contribution is -2.42. The Morgan fingerprint density at radius 3 is 2.93 bits per heavy atom. The van der Waals surface area contributed by atoms with Crippen molar-refractivity contribution in [2.45, 2.75) is 18.4 Å². The van der Waals surface area contributed by atoms with Crippen molar-refractivity contribution in [3.05, 3.63) is 23.4 Å². The number of allylic oxidation sites excluding steroid dienone is 1. The first kappa shape index (κ1) is 11.2. The zero-order valence-electron chi connectivity index (χ0n) is 8.59. The van der Waals surface area contributed by atoms with Crippen molar-refractivity contribution in [2.24, 2.45) is 11.5 Å². The van der Waals surface area contributed by atoms with Gasteiger partial charge in [-0.2, -0.15) is 0 Å². The molecule has 6 N–H and O–H groups in total. The van der Waals surface area contributed by atoms with Gasteiger partial charge in [-0.05, 0) is 31.5 Å². The van der Waals surface area contributed by atoms with E-state index in [-0.39, 0.29) is 6.61 Å². The largest absolute Gasteiger partial charge is 0.399 e. The molecule has 0 bridgehead atoms. The minimum Gasteiger partial charge on any atom is -0.399 e. The normalized spacial score (nSPS) is 27.1. The summed E-state index contributed by atoms with van der Waals surface area (Å²) in [7, 11) is 1.88. The van der Waals surface area contributed by atoms with Crippen molar-refractivity contribution in [1.82, 2.24) is 5.32 Å². The highest BCUT2D eigenvalue weighted by Crippen LogP contribution is 2.25. The second-order valence-electron chi connectivity index (χ2n) is 3.81. The Morgan fingerprint density at radius 2 is 2.36 bits per heavy atom. The van der Waals surface area contributed by atoms with E-state index < -0.39 is 5.54 Å². The molecule has 0 amide bonds. The van der Waals surface area contributed by atoms with Crippen LogP contribution >= 0.6 is 0 Å². The minimum atomic E-state index is -0.427. The topological polar surface area (TPSA) is 84.3 Å². The molecule has 0 spiro atoms. The Labute approximate surface area is 84.7 Å². The summed E-state index contributed by atoms with van der Waals surface area (Å²) in [5.41, 5.74) is 13.4. The Hall–Kier alpha value is -0.840. The first-order valence-corrected chi connectivity index (χ1v) is 4.82. The van der Waals surface area contributed by atoms with Crippen molar-refractivity contribution in [3.8, 4) is 0 Å². The summed E-state index contributed by atoms with van der Waals surface area (Å²) in [4.78, 5) is 0. The average Bonchev–Trinajstić information content (AvgIpc) is 2.13. The SMILES string of the molecule is CNCC1=C(N)C=CC(N)(CCO)C1. The third kappa shape index (κ3) is 2.57. The van der Waals surface area contributed by atoms with Gasteiger partial charge in [0.15, 0.2) is 0 Å². The van der Waals surface area contributed by atoms with E-state index in [9.17, 15) is 0 Å². The maximum atomic E-state index is 8.89. The molecule has 1 aliphatic rings. The number of likely N-dealkylation sites (N-methyl/N-ethyl adjacent to an activating group) is 1. The van der Waals surface area contributed by atoms with Crippen LogP contribution in [0.25, 0.3) is 0 Å². The van der Waals surface area contributed by atoms with Gasteiger partial charge < -0.3 is 21.9 Å². The molecule has 0 aliphatic heterocycles. The summed E-state index contributed by atoms with van der Waals surface area (Å²) < 4.78 is 0. The van der Waals surface area contributed by atoms with Crippen LogP contribution in [-0.4, -0.2) is 30.8 Å². The van der Waals surface area contributed by atoms with Crippen molar-refractivity contribution in [3.63, 3.8) is 0 Å². The van der Waals surface area contributed by atoms with Gasteiger partial charge >= 0.3 is 0 Å². The average molecular weight is 197 g/mol. The molecule has 0 saturated carbocycles. The van der Waals surface area contributed by atoms with Crippen LogP contribution in [0.15, 0.2) is 23.4 Å². The van der Waals surface area contributed by atoms with Gasteiger partial charge in [-0.1, -0.05) is 6.08 Å². The molecule has 0 radical (unpaired) electrons. The summed E-state index contributed by atoms with van der Waals surface area (Å²) in [5.74, 6) is 0. The zero-order chi connectivity index (χ0) is 10.6. The molecule has 14 heavy (non-hydrogen) atoms. The number of nitrogens with two attached hydrogens (primary N) is 2. The second kappa shape index (κ2) is 4.59. The number of nitrogens with one attached hydrogen (secondary N) is 1. The van der Waals surface area contributed by atoms with E-state index in [2.05, 4.69) is 5.32 Å². The van der Waals surface area contributed by atoms with Gasteiger partial charge in [0.05, 0.1) is 0 Å². The summed E-state index contributed by atoms with van der Waals surface area (Å²) in [5, 5.41) is 11.9. The molecule has 1 rings (SSSR count). The van der Waals surface area contributed by atoms with Crippen LogP contribution < -0.4 is 16.8 Å². The second-order valence-corrected chi connectivity index (χ2v) is 3.81. The van der Waals surface area contributed by atoms with Gasteiger partial charge in [0.1, 0.15) is 0 Å². The molecule has 0 heterocycles. The molecular weight excluding hydrogens is 178 g/mol. The lowest BCUT2D eigenvalue weighted by atomic mass is 9.84. The van der Waals surface area contributed by atoms with Crippen molar-refractivity contribution < 1.29 is 5.11 Å². The van der Waals surface area contributed by atoms with E-state index in [4.69, 9.17) is 16.6 Å². The smallest absolute Gasteiger partial charge is 0.0451 e. The maximum absolute atomic E-state index is 8.89. The van der Waals surface area contributed by atoms with Gasteiger partial charge in [-0.25, -0.2) is 0 Å². The quantitative estimate of drug-likeness (QED) is 0.487. The molecule has 4 heteroatoms. The third-order valence-corrected chi connectivity index (χ3v) is 2.51. The first-order valence-electron chi connectivity index (χ1n) is 4.82. The molecule has 0 aromatic rings. The zero-order valence-corrected chi connectivity index (χ0v) is 8.59. The molecule has 1 atom stereocenters. The molecule has 4 nitrogen and oxygen atoms in total. The predicted octanol–water partition coefficient (Wildman–Crippen LogP) is -0.542. The Kier molecular flexibility index (Phi) is 3.69. The summed E-state index contributed by atoms with van der Waals surface area (Å²) in [6, 6.07) is 0. The van der Waals surface area contributed by atoms with E-state index >= 15 is 0 Å². The van der Waals surface area contributed by atoms with Crippen LogP contribution in [0.3, 0.4) is 0 Å². The molecule has 1 unspecified atom stereocenters. The van der Waals surface area contributed by atoms with Gasteiger partial charge in [-0.3, -0.25) is 0 Å². The standard InChI is InChI=1S/C10H19N3O/c1-13-7-8-6-10(12,4-5-14)3-2-9(8)11/h2-3,13-14H,4-7,11-12H2,1H3. The number of aliphatic hydroxyl groups excluding tert-OH is 1. The molecule has 1 aliphatic carbocycles. The molecule has 0 fully saturated rings. The van der Waals surface area contributed by atoms with Gasteiger partial charge in [0.2, 0.25) is 0 Å². The number of hydrogen-bond donors (Lipinski definition) is 4. The van der Waals surface area contributed by atoms with E-state index in [1.54, 1.807) is 0 Å². The van der Waals surface area contributed by atoms with Gasteiger partial charge in [0.25, 0.3) is 0 Å². The van der Waals surface area contributed by atoms with Crippen LogP contribution in [0.5, 0.6) is 0 Å². The fourth-order valence-electron chi connectivity index (χ4n) is 1.69. The first-order chi connectivity index (χ1) is 6.61. The highest BCUT2D eigenvalue weighted by Gasteiger charge is 2.26. The highest BCUT2D eigenvalue weighted by atomic mass is 16.3. The molecule has 80 valence electrons. The number of aliphatic hydroxyl groups is 1. The number of hydrogen-bond acceptors (Lipinski definition) is 4. The Morgan fingerprint density at radius 1 is 1.64 bits per heavy atom. The van der Waals surface area contributed by atoms with Crippen LogP contribution in [0, 0.1) is 0 Å². The van der Waals surface area contributed by atoms with Crippen molar-refractivity contribution >= 4 is 0 Å². The van der Waals surface area contributed by atoms with Crippen LogP contribution in [0.2, 0.25) is 0 Å². The van der Waals surface area contributed by atoms with E-state index in [1.165, 1.54) is 0 Å². The Balaban J connectivity index is 2.72. The van der Waals surface area contributed by atoms with E-state index in [0.717, 1.165) is 24.2 Å². The third-order valence-electron chi connectivity index (χ3n) is 2.51. The summed E-state index contributed by atoms with van der Waals surface area (Å²) in [6.45, 7) is 0.855. The van der Waals surface area contributed by atoms with E-state index in [1.807, 2.05) is 19.2 Å². The van der Waals surface area contributed by atoms with E-state index in [0.29, 0.717) is 6.42 Å². The molecule has 0 aromatic heterocycles. The highest BCUT2D eigenvalue weighted by molar-refractivity contribution is 5.33. The minimum absolute atomic E-state index is 0.105. The monoisotopic (exact) mass is 197 g/mol. The van der Waals surface area contributed by atoms with Gasteiger partial charge in [-0.15, -0.1) is 0 Å². The maximum Gasteiger partial charge on any atom is 0.0451 e. The summed E-state index contributed by atoms with van der Waals surface area (Å²) >= 11 is 0. The molecular formula is C10H19N3O. The van der Waals surface area contributed by atoms with Gasteiger partial charge in [0, 0.05) is 24.4 Å². The lowest BCUT2D eigenvalue weighted by molar-refractivity contribution is 0.255. The van der Waals surface area contributed by atoms with Crippen molar-refractivity contribution in [2.75, 3.05) is 20.2 Å². The summed E-state index contributed by atoms with van der Waals surface area (Å²) in [6.07, 6.45) is 5.02. The molecule has 0 aromatic carbocycles. The fourth-order valence-corrected chi connectivity index (χ4v) is 1.69. The van der Waals surface area contributed by atoms with Crippen LogP contribution in [0.1, 0.15) is 12.8 Å². The van der Waals surface area contributed by atoms with Crippen molar-refractivity contribution in [1.29, 1.82) is 0 Å². The van der Waals surface area contributed by atoms with Crippen LogP contribution in [0.4, 0.5) is 0 Å². The number of rotatable bonds is 4.